The molecule has 26 heavy (non-hydrogen) atoms. The van der Waals surface area contributed by atoms with Crippen LogP contribution in [0.4, 0.5) is 0 Å². The Bertz CT molecular complexity index is 279. The molecule has 0 unspecified atom stereocenters. The number of unbranched alkanes of at least 4 members (excludes halogenated alkanes) is 14. The molecule has 0 bridgehead atoms. The van der Waals surface area contributed by atoms with Crippen LogP contribution in [0.15, 0.2) is 0 Å². The lowest BCUT2D eigenvalue weighted by atomic mass is 10.0. The second kappa shape index (κ2) is 22.5. The largest absolute Gasteiger partial charge is 0.466 e. The van der Waals surface area contributed by atoms with Crippen LogP contribution in [0.2, 0.25) is 0 Å². The minimum Gasteiger partial charge on any atom is -0.466 e. The Morgan fingerprint density at radius 1 is 0.577 bits per heavy atom. The van der Waals surface area contributed by atoms with Crippen LogP contribution in [0.25, 0.3) is 0 Å². The fraction of sp³-hybridized carbons (Fsp3) is 0.957. The zero-order valence-corrected chi connectivity index (χ0v) is 17.9. The molecule has 0 atom stereocenters. The van der Waals surface area contributed by atoms with E-state index in [2.05, 4.69) is 6.92 Å². The fourth-order valence-corrected chi connectivity index (χ4v) is 3.20. The van der Waals surface area contributed by atoms with E-state index in [0.717, 1.165) is 25.9 Å². The second-order valence-electron chi connectivity index (χ2n) is 7.47. The molecule has 0 aromatic carbocycles. The summed E-state index contributed by atoms with van der Waals surface area (Å²) in [6.07, 6.45) is 21.6. The van der Waals surface area contributed by atoms with E-state index in [0.29, 0.717) is 19.6 Å². The van der Waals surface area contributed by atoms with E-state index in [4.69, 9.17) is 9.47 Å². The van der Waals surface area contributed by atoms with E-state index in [1.165, 1.54) is 83.5 Å². The molecule has 3 nitrogen and oxygen atoms in total. The Labute approximate surface area is 163 Å². The second-order valence-corrected chi connectivity index (χ2v) is 7.47. The van der Waals surface area contributed by atoms with Gasteiger partial charge in [-0.2, -0.15) is 0 Å². The summed E-state index contributed by atoms with van der Waals surface area (Å²) in [5, 5.41) is 0. The molecule has 0 fully saturated rings. The van der Waals surface area contributed by atoms with Gasteiger partial charge in [-0.25, -0.2) is 0 Å². The first-order chi connectivity index (χ1) is 12.8. The third-order valence-electron chi connectivity index (χ3n) is 4.88. The average molecular weight is 371 g/mol. The van der Waals surface area contributed by atoms with Crippen LogP contribution < -0.4 is 0 Å². The molecule has 0 aliphatic heterocycles. The van der Waals surface area contributed by atoms with E-state index in [9.17, 15) is 4.79 Å². The number of esters is 1. The van der Waals surface area contributed by atoms with Crippen LogP contribution >= 0.6 is 0 Å². The van der Waals surface area contributed by atoms with Crippen molar-refractivity contribution in [3.63, 3.8) is 0 Å². The van der Waals surface area contributed by atoms with Gasteiger partial charge in [0.15, 0.2) is 0 Å². The molecule has 0 heterocycles. The highest BCUT2D eigenvalue weighted by Crippen LogP contribution is 2.13. The van der Waals surface area contributed by atoms with Crippen LogP contribution in [-0.4, -0.2) is 25.8 Å². The molecule has 0 aromatic heterocycles. The van der Waals surface area contributed by atoms with Crippen molar-refractivity contribution in [2.75, 3.05) is 19.8 Å². The molecule has 156 valence electrons. The third kappa shape index (κ3) is 21.5. The van der Waals surface area contributed by atoms with Gasteiger partial charge in [-0.05, 0) is 13.3 Å². The number of rotatable bonds is 21. The molecule has 0 radical (unpaired) electrons. The van der Waals surface area contributed by atoms with Crippen LogP contribution in [0, 0.1) is 0 Å². The molecule has 0 aromatic rings. The van der Waals surface area contributed by atoms with E-state index in [1.807, 2.05) is 6.92 Å². The summed E-state index contributed by atoms with van der Waals surface area (Å²) in [7, 11) is 0. The predicted molar refractivity (Wildman–Crippen MR) is 112 cm³/mol. The van der Waals surface area contributed by atoms with E-state index >= 15 is 0 Å². The van der Waals surface area contributed by atoms with Crippen molar-refractivity contribution in [2.45, 2.75) is 123 Å². The summed E-state index contributed by atoms with van der Waals surface area (Å²) in [4.78, 5) is 11.5. The smallest absolute Gasteiger partial charge is 0.305 e. The maximum Gasteiger partial charge on any atom is 0.305 e. The Morgan fingerprint density at radius 3 is 1.50 bits per heavy atom. The molecule has 0 saturated carbocycles. The van der Waals surface area contributed by atoms with Crippen molar-refractivity contribution in [3.8, 4) is 0 Å². The van der Waals surface area contributed by atoms with Crippen LogP contribution in [0.1, 0.15) is 123 Å². The Kier molecular flexibility index (Phi) is 22.0. The first kappa shape index (κ1) is 25.4. The summed E-state index contributed by atoms with van der Waals surface area (Å²) < 4.78 is 10.4. The number of hydrogen-bond donors (Lipinski definition) is 0. The number of carbonyl (C=O) groups excluding carboxylic acids is 1. The van der Waals surface area contributed by atoms with Gasteiger partial charge in [-0.3, -0.25) is 4.79 Å². The summed E-state index contributed by atoms with van der Waals surface area (Å²) in [6.45, 7) is 6.16. The zero-order valence-electron chi connectivity index (χ0n) is 17.9. The fourth-order valence-electron chi connectivity index (χ4n) is 3.20. The molecule has 0 N–H and O–H groups in total. The van der Waals surface area contributed by atoms with Crippen molar-refractivity contribution in [2.24, 2.45) is 0 Å². The number of ether oxygens (including phenoxy) is 2. The summed E-state index contributed by atoms with van der Waals surface area (Å²) >= 11 is 0. The zero-order chi connectivity index (χ0) is 19.1. The molecular formula is C23H46O3. The molecule has 0 saturated heterocycles. The monoisotopic (exact) mass is 370 g/mol. The van der Waals surface area contributed by atoms with Crippen molar-refractivity contribution in [1.82, 2.24) is 0 Å². The third-order valence-corrected chi connectivity index (χ3v) is 4.88. The first-order valence-corrected chi connectivity index (χ1v) is 11.5. The minimum absolute atomic E-state index is 0.0452. The summed E-state index contributed by atoms with van der Waals surface area (Å²) in [6, 6.07) is 0. The lowest BCUT2D eigenvalue weighted by molar-refractivity contribution is -0.144. The Balaban J connectivity index is 3.09. The first-order valence-electron chi connectivity index (χ1n) is 11.5. The number of carbonyl (C=O) groups is 1. The van der Waals surface area contributed by atoms with Gasteiger partial charge in [0, 0.05) is 26.1 Å². The van der Waals surface area contributed by atoms with Crippen molar-refractivity contribution < 1.29 is 14.3 Å². The maximum absolute atomic E-state index is 11.5. The van der Waals surface area contributed by atoms with Gasteiger partial charge in [0.1, 0.15) is 0 Å². The van der Waals surface area contributed by atoms with Crippen LogP contribution in [0.3, 0.4) is 0 Å². The number of hydrogen-bond acceptors (Lipinski definition) is 3. The van der Waals surface area contributed by atoms with E-state index < -0.39 is 0 Å². The standard InChI is InChI=1S/C23H46O3/c1-3-5-6-7-8-9-10-11-12-13-14-15-16-17-18-20-23(24)26-22-19-21-25-4-2/h3-22H2,1-2H3. The SMILES string of the molecule is CCCCCCCCCCCCCCCCCC(=O)OCCCOCC. The average Bonchev–Trinajstić information content (AvgIpc) is 2.64. The predicted octanol–water partition coefficient (Wildman–Crippen LogP) is 7.22. The van der Waals surface area contributed by atoms with Crippen molar-refractivity contribution >= 4 is 5.97 Å². The minimum atomic E-state index is -0.0452. The Hall–Kier alpha value is -0.570. The van der Waals surface area contributed by atoms with E-state index in [1.54, 1.807) is 0 Å². The van der Waals surface area contributed by atoms with Gasteiger partial charge in [0.2, 0.25) is 0 Å². The lowest BCUT2D eigenvalue weighted by Crippen LogP contribution is -2.07. The van der Waals surface area contributed by atoms with Crippen LogP contribution in [-0.2, 0) is 14.3 Å². The van der Waals surface area contributed by atoms with Gasteiger partial charge in [0.05, 0.1) is 6.61 Å². The summed E-state index contributed by atoms with van der Waals surface area (Å²) in [5.41, 5.74) is 0. The lowest BCUT2D eigenvalue weighted by Gasteiger charge is -2.05. The molecule has 3 heteroatoms. The quantitative estimate of drug-likeness (QED) is 0.158. The van der Waals surface area contributed by atoms with Gasteiger partial charge < -0.3 is 9.47 Å². The highest BCUT2D eigenvalue weighted by atomic mass is 16.5. The normalized spacial score (nSPS) is 11.0. The highest BCUT2D eigenvalue weighted by molar-refractivity contribution is 5.69. The van der Waals surface area contributed by atoms with Crippen molar-refractivity contribution in [3.05, 3.63) is 0 Å². The van der Waals surface area contributed by atoms with Gasteiger partial charge in [-0.1, -0.05) is 96.8 Å². The molecule has 0 spiro atoms. The molecule has 0 aliphatic rings. The molecule has 0 rings (SSSR count). The van der Waals surface area contributed by atoms with E-state index in [-0.39, 0.29) is 5.97 Å². The Morgan fingerprint density at radius 2 is 1.04 bits per heavy atom. The maximum atomic E-state index is 11.5. The van der Waals surface area contributed by atoms with Gasteiger partial charge in [-0.15, -0.1) is 0 Å². The topological polar surface area (TPSA) is 35.5 Å². The molecule has 0 aliphatic carbocycles. The molecular weight excluding hydrogens is 324 g/mol. The highest BCUT2D eigenvalue weighted by Gasteiger charge is 2.02. The van der Waals surface area contributed by atoms with Gasteiger partial charge in [0.25, 0.3) is 0 Å². The van der Waals surface area contributed by atoms with Gasteiger partial charge >= 0.3 is 5.97 Å². The van der Waals surface area contributed by atoms with Crippen molar-refractivity contribution in [1.29, 1.82) is 0 Å². The molecule has 0 amide bonds. The summed E-state index contributed by atoms with van der Waals surface area (Å²) in [5.74, 6) is -0.0452. The van der Waals surface area contributed by atoms with Crippen LogP contribution in [0.5, 0.6) is 0 Å².